The summed E-state index contributed by atoms with van der Waals surface area (Å²) in [7, 11) is 0. The van der Waals surface area contributed by atoms with Gasteiger partial charge in [0.1, 0.15) is 0 Å². The van der Waals surface area contributed by atoms with Crippen molar-refractivity contribution in [3.8, 4) is 0 Å². The molecule has 116 valence electrons. The van der Waals surface area contributed by atoms with Crippen LogP contribution in [0, 0.1) is 11.8 Å². The molecule has 1 aliphatic heterocycles. The minimum absolute atomic E-state index is 0.337. The molecule has 1 aromatic heterocycles. The molecule has 0 spiro atoms. The average molecular weight is 290 g/mol. The second-order valence-corrected chi connectivity index (χ2v) is 6.86. The monoisotopic (exact) mass is 290 g/mol. The molecule has 21 heavy (non-hydrogen) atoms. The molecule has 5 nitrogen and oxygen atoms in total. The number of aromatic amines is 1. The highest BCUT2D eigenvalue weighted by Crippen LogP contribution is 2.32. The van der Waals surface area contributed by atoms with Crippen LogP contribution in [-0.2, 0) is 11.3 Å². The van der Waals surface area contributed by atoms with Crippen molar-refractivity contribution >= 4 is 5.91 Å². The predicted molar refractivity (Wildman–Crippen MR) is 81.5 cm³/mol. The SMILES string of the molecule is CC(C)[C@H]1CN(Cc2cnc[nH]2)CCC(=O)N1CC1CC1. The molecule has 0 unspecified atom stereocenters. The van der Waals surface area contributed by atoms with Crippen LogP contribution in [0.3, 0.4) is 0 Å². The summed E-state index contributed by atoms with van der Waals surface area (Å²) in [5.74, 6) is 1.59. The first-order chi connectivity index (χ1) is 10.1. The van der Waals surface area contributed by atoms with Gasteiger partial charge in [-0.05, 0) is 24.7 Å². The van der Waals surface area contributed by atoms with E-state index in [1.807, 2.05) is 6.20 Å². The van der Waals surface area contributed by atoms with E-state index in [9.17, 15) is 4.79 Å². The third-order valence-corrected chi connectivity index (χ3v) is 4.68. The number of nitrogens with one attached hydrogen (secondary N) is 1. The number of hydrogen-bond donors (Lipinski definition) is 1. The minimum Gasteiger partial charge on any atom is -0.347 e. The van der Waals surface area contributed by atoms with Crippen LogP contribution in [0.4, 0.5) is 0 Å². The van der Waals surface area contributed by atoms with Gasteiger partial charge in [-0.3, -0.25) is 9.69 Å². The maximum atomic E-state index is 12.5. The highest BCUT2D eigenvalue weighted by Gasteiger charge is 2.35. The Balaban J connectivity index is 1.70. The smallest absolute Gasteiger partial charge is 0.224 e. The number of amides is 1. The molecule has 0 aromatic carbocycles. The van der Waals surface area contributed by atoms with E-state index < -0.39 is 0 Å². The second kappa shape index (κ2) is 6.18. The van der Waals surface area contributed by atoms with Crippen LogP contribution < -0.4 is 0 Å². The van der Waals surface area contributed by atoms with E-state index in [0.717, 1.165) is 37.8 Å². The molecule has 1 atom stereocenters. The zero-order chi connectivity index (χ0) is 14.8. The predicted octanol–water partition coefficient (Wildman–Crippen LogP) is 1.88. The fourth-order valence-corrected chi connectivity index (χ4v) is 3.18. The molecule has 2 aliphatic rings. The van der Waals surface area contributed by atoms with E-state index in [1.54, 1.807) is 6.33 Å². The molecule has 2 heterocycles. The quantitative estimate of drug-likeness (QED) is 0.901. The Hall–Kier alpha value is -1.36. The molecule has 5 heteroatoms. The van der Waals surface area contributed by atoms with Crippen molar-refractivity contribution < 1.29 is 4.79 Å². The number of carbonyl (C=O) groups excluding carboxylic acids is 1. The lowest BCUT2D eigenvalue weighted by atomic mass is 10.0. The van der Waals surface area contributed by atoms with Crippen LogP contribution in [0.5, 0.6) is 0 Å². The maximum absolute atomic E-state index is 12.5. The van der Waals surface area contributed by atoms with Crippen LogP contribution in [0.15, 0.2) is 12.5 Å². The number of nitrogens with zero attached hydrogens (tertiary/aromatic N) is 3. The summed E-state index contributed by atoms with van der Waals surface area (Å²) in [5, 5.41) is 0. The van der Waals surface area contributed by atoms with E-state index in [0.29, 0.717) is 24.3 Å². The first-order valence-electron chi connectivity index (χ1n) is 8.12. The van der Waals surface area contributed by atoms with Gasteiger partial charge in [-0.25, -0.2) is 4.98 Å². The van der Waals surface area contributed by atoms with Crippen LogP contribution in [0.1, 0.15) is 38.8 Å². The molecule has 1 amide bonds. The van der Waals surface area contributed by atoms with E-state index in [-0.39, 0.29) is 0 Å². The van der Waals surface area contributed by atoms with Crippen LogP contribution in [-0.4, -0.2) is 51.4 Å². The topological polar surface area (TPSA) is 52.2 Å². The van der Waals surface area contributed by atoms with Gasteiger partial charge in [0.05, 0.1) is 6.33 Å². The molecular formula is C16H26N4O. The number of H-pyrrole nitrogens is 1. The van der Waals surface area contributed by atoms with Gasteiger partial charge >= 0.3 is 0 Å². The van der Waals surface area contributed by atoms with Crippen molar-refractivity contribution in [3.63, 3.8) is 0 Å². The van der Waals surface area contributed by atoms with Crippen molar-refractivity contribution in [2.24, 2.45) is 11.8 Å². The Kier molecular flexibility index (Phi) is 4.29. The number of hydrogen-bond acceptors (Lipinski definition) is 3. The first kappa shape index (κ1) is 14.6. The summed E-state index contributed by atoms with van der Waals surface area (Å²) in [4.78, 5) is 24.3. The second-order valence-electron chi connectivity index (χ2n) is 6.86. The summed E-state index contributed by atoms with van der Waals surface area (Å²) < 4.78 is 0. The van der Waals surface area contributed by atoms with Crippen molar-refractivity contribution in [2.45, 2.75) is 45.7 Å². The van der Waals surface area contributed by atoms with Gasteiger partial charge in [0.2, 0.25) is 5.91 Å². The van der Waals surface area contributed by atoms with Gasteiger partial charge in [-0.2, -0.15) is 0 Å². The summed E-state index contributed by atoms with van der Waals surface area (Å²) in [6, 6.07) is 0.337. The number of imidazole rings is 1. The molecule has 0 radical (unpaired) electrons. The molecule has 1 saturated carbocycles. The molecule has 1 saturated heterocycles. The standard InChI is InChI=1S/C16H26N4O/c1-12(2)15-10-19(9-14-7-17-11-18-14)6-5-16(21)20(15)8-13-3-4-13/h7,11-13,15H,3-6,8-10H2,1-2H3,(H,17,18)/t15-/m1/s1. The summed E-state index contributed by atoms with van der Waals surface area (Å²) in [6.45, 7) is 8.11. The molecule has 1 N–H and O–H groups in total. The highest BCUT2D eigenvalue weighted by molar-refractivity contribution is 5.77. The Morgan fingerprint density at radius 1 is 1.43 bits per heavy atom. The molecule has 3 rings (SSSR count). The fourth-order valence-electron chi connectivity index (χ4n) is 3.18. The molecular weight excluding hydrogens is 264 g/mol. The zero-order valence-corrected chi connectivity index (χ0v) is 13.1. The number of aromatic nitrogens is 2. The lowest BCUT2D eigenvalue weighted by Gasteiger charge is -2.34. The Bertz CT molecular complexity index is 467. The van der Waals surface area contributed by atoms with Gasteiger partial charge in [0, 0.05) is 50.5 Å². The molecule has 2 fully saturated rings. The van der Waals surface area contributed by atoms with Crippen molar-refractivity contribution in [1.82, 2.24) is 19.8 Å². The first-order valence-corrected chi connectivity index (χ1v) is 8.12. The van der Waals surface area contributed by atoms with E-state index >= 15 is 0 Å². The van der Waals surface area contributed by atoms with Crippen molar-refractivity contribution in [3.05, 3.63) is 18.2 Å². The van der Waals surface area contributed by atoms with Gasteiger partial charge in [-0.15, -0.1) is 0 Å². The number of carbonyl (C=O) groups is 1. The van der Waals surface area contributed by atoms with Crippen LogP contribution in [0.2, 0.25) is 0 Å². The highest BCUT2D eigenvalue weighted by atomic mass is 16.2. The largest absolute Gasteiger partial charge is 0.347 e. The van der Waals surface area contributed by atoms with E-state index in [2.05, 4.69) is 33.6 Å². The van der Waals surface area contributed by atoms with Gasteiger partial charge in [0.25, 0.3) is 0 Å². The van der Waals surface area contributed by atoms with Crippen molar-refractivity contribution in [1.29, 1.82) is 0 Å². The van der Waals surface area contributed by atoms with Crippen LogP contribution in [0.25, 0.3) is 0 Å². The molecule has 0 bridgehead atoms. The van der Waals surface area contributed by atoms with Gasteiger partial charge in [-0.1, -0.05) is 13.8 Å². The fraction of sp³-hybridized carbons (Fsp3) is 0.750. The Morgan fingerprint density at radius 3 is 2.86 bits per heavy atom. The zero-order valence-electron chi connectivity index (χ0n) is 13.1. The van der Waals surface area contributed by atoms with Gasteiger partial charge in [0.15, 0.2) is 0 Å². The Labute approximate surface area is 126 Å². The summed E-state index contributed by atoms with van der Waals surface area (Å²) >= 11 is 0. The lowest BCUT2D eigenvalue weighted by Crippen LogP contribution is -2.47. The normalized spacial score (nSPS) is 24.6. The average Bonchev–Trinajstić information content (AvgIpc) is 3.15. The minimum atomic E-state index is 0.337. The number of rotatable bonds is 5. The van der Waals surface area contributed by atoms with Crippen molar-refractivity contribution in [2.75, 3.05) is 19.6 Å². The molecule has 1 aliphatic carbocycles. The summed E-state index contributed by atoms with van der Waals surface area (Å²) in [6.07, 6.45) is 6.83. The third kappa shape index (κ3) is 3.64. The summed E-state index contributed by atoms with van der Waals surface area (Å²) in [5.41, 5.74) is 1.13. The van der Waals surface area contributed by atoms with Gasteiger partial charge < -0.3 is 9.88 Å². The van der Waals surface area contributed by atoms with Crippen LogP contribution >= 0.6 is 0 Å². The third-order valence-electron chi connectivity index (χ3n) is 4.68. The van der Waals surface area contributed by atoms with E-state index in [1.165, 1.54) is 12.8 Å². The van der Waals surface area contributed by atoms with E-state index in [4.69, 9.17) is 0 Å². The molecule has 1 aromatic rings. The lowest BCUT2D eigenvalue weighted by molar-refractivity contribution is -0.133. The Morgan fingerprint density at radius 2 is 2.24 bits per heavy atom. The maximum Gasteiger partial charge on any atom is 0.224 e.